The fourth-order valence-electron chi connectivity index (χ4n) is 3.78. The van der Waals surface area contributed by atoms with Crippen LogP contribution in [0.4, 0.5) is 11.4 Å². The van der Waals surface area contributed by atoms with Crippen LogP contribution in [0.5, 0.6) is 0 Å². The highest BCUT2D eigenvalue weighted by Crippen LogP contribution is 2.34. The van der Waals surface area contributed by atoms with Gasteiger partial charge in [0.2, 0.25) is 0 Å². The maximum Gasteiger partial charge on any atom is 0.338 e. The Bertz CT molecular complexity index is 1340. The standard InChI is InChI=1S/C26H25ClN2O5S/c1-2-3-16-34-26(31)18-4-9-22(10-5-18)28-25(30)20-6-13-24-19(17-20)14-15-29(24)35(32,33)23-11-7-21(27)8-12-23/h4-13,17H,2-3,14-16H2,1H3,(H,28,30). The molecule has 1 aliphatic rings. The Hall–Kier alpha value is -3.36. The summed E-state index contributed by atoms with van der Waals surface area (Å²) in [5, 5.41) is 3.27. The summed E-state index contributed by atoms with van der Waals surface area (Å²) in [6, 6.07) is 17.5. The molecule has 0 atom stereocenters. The van der Waals surface area contributed by atoms with Gasteiger partial charge in [-0.1, -0.05) is 24.9 Å². The predicted octanol–water partition coefficient (Wildman–Crippen LogP) is 5.30. The van der Waals surface area contributed by atoms with E-state index < -0.39 is 16.0 Å². The Kier molecular flexibility index (Phi) is 7.42. The summed E-state index contributed by atoms with van der Waals surface area (Å²) in [6.07, 6.45) is 2.25. The van der Waals surface area contributed by atoms with E-state index in [9.17, 15) is 18.0 Å². The summed E-state index contributed by atoms with van der Waals surface area (Å²) in [6.45, 7) is 2.69. The predicted molar refractivity (Wildman–Crippen MR) is 136 cm³/mol. The summed E-state index contributed by atoms with van der Waals surface area (Å²) >= 11 is 5.89. The molecule has 182 valence electrons. The molecule has 4 rings (SSSR count). The summed E-state index contributed by atoms with van der Waals surface area (Å²) in [5.74, 6) is -0.724. The third-order valence-corrected chi connectivity index (χ3v) is 7.79. The van der Waals surface area contributed by atoms with Crippen molar-refractivity contribution in [2.45, 2.75) is 31.1 Å². The number of amides is 1. The number of anilines is 2. The summed E-state index contributed by atoms with van der Waals surface area (Å²) in [7, 11) is -3.73. The quantitative estimate of drug-likeness (QED) is 0.326. The summed E-state index contributed by atoms with van der Waals surface area (Å²) in [5.41, 5.74) is 2.70. The zero-order chi connectivity index (χ0) is 25.0. The van der Waals surface area contributed by atoms with E-state index in [1.54, 1.807) is 54.6 Å². The molecule has 0 saturated carbocycles. The van der Waals surface area contributed by atoms with Crippen LogP contribution in [0.15, 0.2) is 71.6 Å². The molecule has 0 fully saturated rings. The highest BCUT2D eigenvalue weighted by Gasteiger charge is 2.31. The first-order valence-electron chi connectivity index (χ1n) is 11.3. The lowest BCUT2D eigenvalue weighted by molar-refractivity contribution is 0.0499. The van der Waals surface area contributed by atoms with Crippen LogP contribution in [0.3, 0.4) is 0 Å². The number of fused-ring (bicyclic) bond motifs is 1. The Balaban J connectivity index is 1.45. The van der Waals surface area contributed by atoms with E-state index in [-0.39, 0.29) is 10.8 Å². The number of nitrogens with one attached hydrogen (secondary N) is 1. The molecule has 35 heavy (non-hydrogen) atoms. The number of rotatable bonds is 8. The van der Waals surface area contributed by atoms with E-state index >= 15 is 0 Å². The molecule has 9 heteroatoms. The van der Waals surface area contributed by atoms with Crippen molar-refractivity contribution in [3.63, 3.8) is 0 Å². The number of unbranched alkanes of at least 4 members (excludes halogenated alkanes) is 1. The molecule has 1 aliphatic heterocycles. The second kappa shape index (κ2) is 10.5. The normalized spacial score (nSPS) is 12.8. The molecule has 0 saturated heterocycles. The van der Waals surface area contributed by atoms with Gasteiger partial charge < -0.3 is 10.1 Å². The molecule has 1 heterocycles. The van der Waals surface area contributed by atoms with Gasteiger partial charge in [0, 0.05) is 22.8 Å². The Morgan fingerprint density at radius 3 is 2.37 bits per heavy atom. The number of hydrogen-bond donors (Lipinski definition) is 1. The van der Waals surface area contributed by atoms with Crippen LogP contribution in [-0.2, 0) is 21.2 Å². The topological polar surface area (TPSA) is 92.8 Å². The third kappa shape index (κ3) is 5.49. The van der Waals surface area contributed by atoms with Gasteiger partial charge in [0.05, 0.1) is 22.8 Å². The van der Waals surface area contributed by atoms with Crippen molar-refractivity contribution in [2.24, 2.45) is 0 Å². The number of nitrogens with zero attached hydrogens (tertiary/aromatic N) is 1. The van der Waals surface area contributed by atoms with Crippen molar-refractivity contribution in [1.29, 1.82) is 0 Å². The van der Waals surface area contributed by atoms with Crippen LogP contribution in [0.1, 0.15) is 46.0 Å². The Morgan fingerprint density at radius 2 is 1.69 bits per heavy atom. The number of benzene rings is 3. The second-order valence-corrected chi connectivity index (χ2v) is 10.4. The number of halogens is 1. The maximum atomic E-state index is 13.1. The first-order valence-corrected chi connectivity index (χ1v) is 13.1. The smallest absolute Gasteiger partial charge is 0.338 e. The minimum atomic E-state index is -3.73. The molecule has 1 amide bonds. The molecule has 7 nitrogen and oxygen atoms in total. The van der Waals surface area contributed by atoms with E-state index in [0.717, 1.165) is 18.4 Å². The zero-order valence-electron chi connectivity index (χ0n) is 19.2. The molecular weight excluding hydrogens is 488 g/mol. The number of carbonyl (C=O) groups is 2. The van der Waals surface area contributed by atoms with E-state index in [1.807, 2.05) is 6.92 Å². The van der Waals surface area contributed by atoms with E-state index in [1.165, 1.54) is 16.4 Å². The molecule has 3 aromatic carbocycles. The summed E-state index contributed by atoms with van der Waals surface area (Å²) in [4.78, 5) is 25.0. The van der Waals surface area contributed by atoms with Crippen molar-refractivity contribution in [1.82, 2.24) is 0 Å². The molecular formula is C26H25ClN2O5S. The van der Waals surface area contributed by atoms with Crippen LogP contribution in [0.25, 0.3) is 0 Å². The monoisotopic (exact) mass is 512 g/mol. The molecule has 0 bridgehead atoms. The van der Waals surface area contributed by atoms with Gasteiger partial charge in [-0.15, -0.1) is 0 Å². The van der Waals surface area contributed by atoms with Gasteiger partial charge in [0.1, 0.15) is 0 Å². The molecule has 0 unspecified atom stereocenters. The average molecular weight is 513 g/mol. The van der Waals surface area contributed by atoms with Gasteiger partial charge in [0.15, 0.2) is 0 Å². The van der Waals surface area contributed by atoms with Crippen molar-refractivity contribution >= 4 is 44.9 Å². The molecule has 0 aliphatic carbocycles. The minimum absolute atomic E-state index is 0.161. The summed E-state index contributed by atoms with van der Waals surface area (Å²) < 4.78 is 32.7. The first kappa shape index (κ1) is 24.8. The second-order valence-electron chi connectivity index (χ2n) is 8.15. The molecule has 1 N–H and O–H groups in total. The number of carbonyl (C=O) groups excluding carboxylic acids is 2. The van der Waals surface area contributed by atoms with Gasteiger partial charge in [0.25, 0.3) is 15.9 Å². The van der Waals surface area contributed by atoms with Crippen LogP contribution in [0.2, 0.25) is 5.02 Å². The highest BCUT2D eigenvalue weighted by atomic mass is 35.5. The fraction of sp³-hybridized carbons (Fsp3) is 0.231. The Morgan fingerprint density at radius 1 is 1.00 bits per heavy atom. The van der Waals surface area contributed by atoms with Gasteiger partial charge in [-0.25, -0.2) is 13.2 Å². The molecule has 3 aromatic rings. The number of ether oxygens (including phenoxy) is 1. The zero-order valence-corrected chi connectivity index (χ0v) is 20.7. The largest absolute Gasteiger partial charge is 0.462 e. The lowest BCUT2D eigenvalue weighted by atomic mass is 10.1. The average Bonchev–Trinajstić information content (AvgIpc) is 3.29. The van der Waals surface area contributed by atoms with Crippen LogP contribution < -0.4 is 9.62 Å². The van der Waals surface area contributed by atoms with Crippen LogP contribution >= 0.6 is 11.6 Å². The number of esters is 1. The van der Waals surface area contributed by atoms with Gasteiger partial charge in [-0.3, -0.25) is 9.10 Å². The SMILES string of the molecule is CCCCOC(=O)c1ccc(NC(=O)c2ccc3c(c2)CCN3S(=O)(=O)c2ccc(Cl)cc2)cc1. The number of sulfonamides is 1. The van der Waals surface area contributed by atoms with E-state index in [2.05, 4.69) is 5.32 Å². The minimum Gasteiger partial charge on any atom is -0.462 e. The fourth-order valence-corrected chi connectivity index (χ4v) is 5.41. The van der Waals surface area contributed by atoms with Crippen LogP contribution in [-0.4, -0.2) is 33.4 Å². The van der Waals surface area contributed by atoms with Crippen molar-refractivity contribution in [3.8, 4) is 0 Å². The van der Waals surface area contributed by atoms with Crippen molar-refractivity contribution in [2.75, 3.05) is 22.8 Å². The maximum absolute atomic E-state index is 13.1. The lowest BCUT2D eigenvalue weighted by Crippen LogP contribution is -2.29. The van der Waals surface area contributed by atoms with Gasteiger partial charge in [-0.2, -0.15) is 0 Å². The van der Waals surface area contributed by atoms with Crippen molar-refractivity contribution in [3.05, 3.63) is 88.4 Å². The van der Waals surface area contributed by atoms with Crippen LogP contribution in [0, 0.1) is 0 Å². The molecule has 0 aromatic heterocycles. The van der Waals surface area contributed by atoms with Gasteiger partial charge >= 0.3 is 5.97 Å². The van der Waals surface area contributed by atoms with E-state index in [4.69, 9.17) is 16.3 Å². The van der Waals surface area contributed by atoms with Gasteiger partial charge in [-0.05, 0) is 85.1 Å². The van der Waals surface area contributed by atoms with E-state index in [0.29, 0.717) is 47.1 Å². The molecule has 0 radical (unpaired) electrons. The highest BCUT2D eigenvalue weighted by molar-refractivity contribution is 7.92. The Labute approximate surface area is 209 Å². The van der Waals surface area contributed by atoms with Crippen molar-refractivity contribution < 1.29 is 22.7 Å². The number of hydrogen-bond acceptors (Lipinski definition) is 5. The lowest BCUT2D eigenvalue weighted by Gasteiger charge is -2.19. The molecule has 0 spiro atoms. The first-order chi connectivity index (χ1) is 16.8. The third-order valence-electron chi connectivity index (χ3n) is 5.71.